The van der Waals surface area contributed by atoms with Gasteiger partial charge in [-0.05, 0) is 100 Å². The maximum atomic E-state index is 7.17. The lowest BCUT2D eigenvalue weighted by Crippen LogP contribution is -2.71. The standard InChI is InChI=1S/C38H53NO8/c1-21-12-14-28-23(3)31(40-33-37(28)26(21)16-18-35(5,42-33)44-46-37)20-30(39-25-10-8-7-9-11-25)32-24(4)29-15-13-22(2)27-17-19-36(6)43-34(41-32)38(27,29)47-45-36/h7-11,21-24,26-29,31-34H,12-20H2,1-6H3/b39-30-/t21-,22-,23-,24-,26+,27+,28+,29+,31-,32+,33-,34-,35+,36+,37-,38-/m1/s1. The summed E-state index contributed by atoms with van der Waals surface area (Å²) in [7, 11) is 0. The van der Waals surface area contributed by atoms with Gasteiger partial charge in [-0.2, -0.15) is 0 Å². The number of rotatable bonds is 4. The molecule has 4 bridgehead atoms. The van der Waals surface area contributed by atoms with Gasteiger partial charge < -0.3 is 18.9 Å². The Labute approximate surface area is 279 Å². The van der Waals surface area contributed by atoms with Crippen LogP contribution in [0.2, 0.25) is 0 Å². The van der Waals surface area contributed by atoms with Crippen LogP contribution in [0.1, 0.15) is 99.3 Å². The van der Waals surface area contributed by atoms with Crippen LogP contribution in [0.5, 0.6) is 0 Å². The fraction of sp³-hybridized carbons (Fsp3) is 0.816. The molecule has 8 heterocycles. The molecule has 9 nitrogen and oxygen atoms in total. The summed E-state index contributed by atoms with van der Waals surface area (Å²) >= 11 is 0. The minimum Gasteiger partial charge on any atom is -0.345 e. The van der Waals surface area contributed by atoms with E-state index in [-0.39, 0.29) is 35.9 Å². The lowest BCUT2D eigenvalue weighted by molar-refractivity contribution is -0.571. The number of hydrogen-bond acceptors (Lipinski definition) is 9. The average Bonchev–Trinajstić information content (AvgIpc) is 3.43. The summed E-state index contributed by atoms with van der Waals surface area (Å²) in [5, 5.41) is 0. The van der Waals surface area contributed by atoms with Gasteiger partial charge in [0.15, 0.2) is 23.8 Å². The van der Waals surface area contributed by atoms with Crippen molar-refractivity contribution < 1.29 is 38.5 Å². The second-order valence-corrected chi connectivity index (χ2v) is 16.9. The zero-order valence-electron chi connectivity index (χ0n) is 28.9. The first-order valence-electron chi connectivity index (χ1n) is 18.6. The topological polar surface area (TPSA) is 86.2 Å². The molecule has 47 heavy (non-hydrogen) atoms. The van der Waals surface area contributed by atoms with Gasteiger partial charge in [0.05, 0.1) is 17.5 Å². The molecular formula is C38H53NO8. The molecule has 0 amide bonds. The molecule has 11 rings (SSSR count). The number of nitrogens with zero attached hydrogens (tertiary/aromatic N) is 1. The van der Waals surface area contributed by atoms with Gasteiger partial charge in [-0.3, -0.25) is 4.99 Å². The first-order chi connectivity index (χ1) is 22.6. The van der Waals surface area contributed by atoms with Crippen LogP contribution in [0, 0.1) is 47.3 Å². The molecule has 10 fully saturated rings. The van der Waals surface area contributed by atoms with E-state index in [2.05, 4.69) is 39.8 Å². The Bertz CT molecular complexity index is 1390. The zero-order chi connectivity index (χ0) is 32.3. The maximum absolute atomic E-state index is 7.17. The van der Waals surface area contributed by atoms with E-state index in [4.69, 9.17) is 43.5 Å². The monoisotopic (exact) mass is 651 g/mol. The summed E-state index contributed by atoms with van der Waals surface area (Å²) in [6.07, 6.45) is 7.34. The third kappa shape index (κ3) is 4.60. The molecule has 1 aromatic rings. The highest BCUT2D eigenvalue weighted by molar-refractivity contribution is 5.92. The molecule has 0 radical (unpaired) electrons. The van der Waals surface area contributed by atoms with E-state index in [9.17, 15) is 0 Å². The minimum absolute atomic E-state index is 0.117. The summed E-state index contributed by atoms with van der Waals surface area (Å²) in [5.41, 5.74) is 0.717. The van der Waals surface area contributed by atoms with Crippen LogP contribution in [-0.2, 0) is 38.5 Å². The molecule has 10 aliphatic rings. The Morgan fingerprint density at radius 3 is 1.81 bits per heavy atom. The van der Waals surface area contributed by atoms with Gasteiger partial charge >= 0.3 is 0 Å². The number of aliphatic imine (C=N–C) groups is 1. The molecule has 2 spiro atoms. The van der Waals surface area contributed by atoms with Crippen LogP contribution >= 0.6 is 0 Å². The van der Waals surface area contributed by atoms with Crippen LogP contribution in [0.15, 0.2) is 35.3 Å². The lowest BCUT2D eigenvalue weighted by atomic mass is 9.56. The van der Waals surface area contributed by atoms with Crippen molar-refractivity contribution in [2.45, 2.75) is 147 Å². The summed E-state index contributed by atoms with van der Waals surface area (Å²) in [4.78, 5) is 30.5. The summed E-state index contributed by atoms with van der Waals surface area (Å²) in [6, 6.07) is 10.3. The van der Waals surface area contributed by atoms with Gasteiger partial charge in [-0.1, -0.05) is 45.9 Å². The Hall–Kier alpha value is -1.43. The quantitative estimate of drug-likeness (QED) is 0.243. The van der Waals surface area contributed by atoms with Crippen molar-refractivity contribution >= 4 is 11.4 Å². The normalized spacial score (nSPS) is 55.1. The van der Waals surface area contributed by atoms with E-state index in [1.54, 1.807) is 0 Å². The number of ether oxygens (including phenoxy) is 4. The number of para-hydroxylation sites is 1. The number of benzene rings is 1. The third-order valence-corrected chi connectivity index (χ3v) is 14.2. The second kappa shape index (κ2) is 11.0. The van der Waals surface area contributed by atoms with Crippen molar-refractivity contribution in [3.05, 3.63) is 30.3 Å². The fourth-order valence-corrected chi connectivity index (χ4v) is 11.6. The molecule has 8 saturated heterocycles. The Balaban J connectivity index is 1.08. The first kappa shape index (κ1) is 31.5. The highest BCUT2D eigenvalue weighted by atomic mass is 17.3. The van der Waals surface area contributed by atoms with E-state index in [0.29, 0.717) is 30.1 Å². The molecule has 0 N–H and O–H groups in total. The van der Waals surface area contributed by atoms with Crippen LogP contribution in [0.25, 0.3) is 0 Å². The number of hydrogen-bond donors (Lipinski definition) is 0. The van der Waals surface area contributed by atoms with Crippen molar-refractivity contribution in [1.29, 1.82) is 0 Å². The SMILES string of the molecule is C[C@H]1[C@@H](/C(C[C@H]2O[C@@H]3O[C@]4(C)CC[C@H]5[C@H](C)CC[C@@H]([C@H]2C)[C@@]35OO4)=N\c2ccccc2)O[C@@H]2O[C@]3(C)CC[C@H]4[C@H](C)CC[C@@H]1[C@@]24OO3. The minimum atomic E-state index is -0.822. The van der Waals surface area contributed by atoms with Crippen LogP contribution in [0.4, 0.5) is 5.69 Å². The molecule has 9 heteroatoms. The molecule has 0 aromatic heterocycles. The van der Waals surface area contributed by atoms with E-state index in [1.165, 1.54) is 6.42 Å². The predicted octanol–water partition coefficient (Wildman–Crippen LogP) is 7.65. The first-order valence-corrected chi connectivity index (χ1v) is 18.6. The zero-order valence-corrected chi connectivity index (χ0v) is 28.9. The molecule has 0 unspecified atom stereocenters. The Morgan fingerprint density at radius 2 is 1.21 bits per heavy atom. The molecule has 258 valence electrons. The average molecular weight is 652 g/mol. The largest absolute Gasteiger partial charge is 0.345 e. The number of fused-ring (bicyclic) bond motifs is 4. The molecule has 1 aromatic carbocycles. The Morgan fingerprint density at radius 1 is 0.660 bits per heavy atom. The van der Waals surface area contributed by atoms with Crippen molar-refractivity contribution in [2.75, 3.05) is 0 Å². The highest BCUT2D eigenvalue weighted by Gasteiger charge is 2.71. The van der Waals surface area contributed by atoms with Crippen molar-refractivity contribution in [3.8, 4) is 0 Å². The van der Waals surface area contributed by atoms with Crippen LogP contribution in [0.3, 0.4) is 0 Å². The fourth-order valence-electron chi connectivity index (χ4n) is 11.6. The highest BCUT2D eigenvalue weighted by Crippen LogP contribution is 2.63. The lowest BCUT2D eigenvalue weighted by Gasteiger charge is -2.61. The van der Waals surface area contributed by atoms with Crippen LogP contribution in [-0.4, -0.2) is 53.3 Å². The second-order valence-electron chi connectivity index (χ2n) is 16.9. The van der Waals surface area contributed by atoms with Crippen LogP contribution < -0.4 is 0 Å². The van der Waals surface area contributed by atoms with Gasteiger partial charge in [0.1, 0.15) is 6.10 Å². The molecular weight excluding hydrogens is 598 g/mol. The van der Waals surface area contributed by atoms with E-state index in [1.807, 2.05) is 32.0 Å². The van der Waals surface area contributed by atoms with Crippen molar-refractivity contribution in [1.82, 2.24) is 0 Å². The summed E-state index contributed by atoms with van der Waals surface area (Å²) in [6.45, 7) is 13.4. The molecule has 2 aliphatic carbocycles. The molecule has 16 atom stereocenters. The third-order valence-electron chi connectivity index (χ3n) is 14.2. The van der Waals surface area contributed by atoms with Gasteiger partial charge in [-0.25, -0.2) is 19.6 Å². The van der Waals surface area contributed by atoms with E-state index >= 15 is 0 Å². The van der Waals surface area contributed by atoms with E-state index in [0.717, 1.165) is 56.3 Å². The maximum Gasteiger partial charge on any atom is 0.201 e. The van der Waals surface area contributed by atoms with E-state index < -0.39 is 35.4 Å². The van der Waals surface area contributed by atoms with Gasteiger partial charge in [-0.15, -0.1) is 0 Å². The summed E-state index contributed by atoms with van der Waals surface area (Å²) < 4.78 is 27.7. The van der Waals surface area contributed by atoms with Gasteiger partial charge in [0.25, 0.3) is 0 Å². The smallest absolute Gasteiger partial charge is 0.201 e. The predicted molar refractivity (Wildman–Crippen MR) is 172 cm³/mol. The Kier molecular flexibility index (Phi) is 7.41. The molecule has 2 saturated carbocycles. The molecule has 8 aliphatic heterocycles. The summed E-state index contributed by atoms with van der Waals surface area (Å²) in [5.74, 6) is 0.898. The van der Waals surface area contributed by atoms with Crippen molar-refractivity contribution in [3.63, 3.8) is 0 Å². The van der Waals surface area contributed by atoms with Crippen molar-refractivity contribution in [2.24, 2.45) is 52.3 Å². The van der Waals surface area contributed by atoms with Gasteiger partial charge in [0, 0.05) is 31.1 Å². The van der Waals surface area contributed by atoms with Gasteiger partial charge in [0.2, 0.25) is 11.6 Å².